The number of aromatic nitrogens is 2. The number of aryl methyl sites for hydroxylation is 1. The van der Waals surface area contributed by atoms with Crippen molar-refractivity contribution in [2.45, 2.75) is 19.0 Å². The van der Waals surface area contributed by atoms with E-state index in [0.717, 1.165) is 17.4 Å². The Hall–Kier alpha value is -1.75. The van der Waals surface area contributed by atoms with Crippen molar-refractivity contribution >= 4 is 17.7 Å². The number of imidazole rings is 1. The van der Waals surface area contributed by atoms with Crippen molar-refractivity contribution in [3.8, 4) is 5.69 Å². The van der Waals surface area contributed by atoms with E-state index < -0.39 is 0 Å². The molecule has 0 bridgehead atoms. The average Bonchev–Trinajstić information content (AvgIpc) is 2.92. The van der Waals surface area contributed by atoms with E-state index in [1.807, 2.05) is 36.9 Å². The van der Waals surface area contributed by atoms with Crippen LogP contribution in [0.5, 0.6) is 0 Å². The highest BCUT2D eigenvalue weighted by Crippen LogP contribution is 2.22. The van der Waals surface area contributed by atoms with Crippen LogP contribution in [0.1, 0.15) is 12.5 Å². The van der Waals surface area contributed by atoms with Gasteiger partial charge in [0.05, 0.1) is 11.4 Å². The van der Waals surface area contributed by atoms with Gasteiger partial charge in [-0.15, -0.1) is 0 Å². The summed E-state index contributed by atoms with van der Waals surface area (Å²) in [7, 11) is 1.82. The summed E-state index contributed by atoms with van der Waals surface area (Å²) in [5.41, 5.74) is 2.29. The van der Waals surface area contributed by atoms with Gasteiger partial charge in [0.25, 0.3) is 0 Å². The van der Waals surface area contributed by atoms with Crippen LogP contribution in [0, 0.1) is 6.92 Å². The number of benzene rings is 1. The normalized spacial score (nSPS) is 10.6. The molecular weight excluding hydrogens is 270 g/mol. The van der Waals surface area contributed by atoms with Crippen molar-refractivity contribution in [3.63, 3.8) is 0 Å². The number of thioether (sulfide) groups is 1. The lowest BCUT2D eigenvalue weighted by atomic mass is 10.2. The summed E-state index contributed by atoms with van der Waals surface area (Å²) in [5, 5.41) is 0.845. The summed E-state index contributed by atoms with van der Waals surface area (Å²) in [5.74, 6) is 0.532. The molecule has 5 heteroatoms. The van der Waals surface area contributed by atoms with Crippen molar-refractivity contribution in [3.05, 3.63) is 42.2 Å². The third-order valence-corrected chi connectivity index (χ3v) is 4.16. The Morgan fingerprint density at radius 3 is 2.85 bits per heavy atom. The first-order chi connectivity index (χ1) is 9.63. The molecular formula is C15H19N3OS. The molecule has 1 amide bonds. The van der Waals surface area contributed by atoms with Gasteiger partial charge >= 0.3 is 0 Å². The molecule has 1 aromatic heterocycles. The zero-order chi connectivity index (χ0) is 14.5. The maximum atomic E-state index is 11.9. The molecule has 0 radical (unpaired) electrons. The van der Waals surface area contributed by atoms with Gasteiger partial charge in [-0.05, 0) is 25.5 Å². The largest absolute Gasteiger partial charge is 0.345 e. The highest BCUT2D eigenvalue weighted by atomic mass is 32.2. The van der Waals surface area contributed by atoms with E-state index >= 15 is 0 Å². The fraction of sp³-hybridized carbons (Fsp3) is 0.333. The Kier molecular flexibility index (Phi) is 4.84. The molecule has 0 saturated heterocycles. The molecule has 20 heavy (non-hydrogen) atoms. The van der Waals surface area contributed by atoms with Gasteiger partial charge in [0.2, 0.25) is 5.91 Å². The second-order valence-electron chi connectivity index (χ2n) is 4.56. The van der Waals surface area contributed by atoms with Crippen LogP contribution in [0.2, 0.25) is 0 Å². The molecule has 106 valence electrons. The molecule has 0 saturated carbocycles. The van der Waals surface area contributed by atoms with E-state index in [0.29, 0.717) is 5.75 Å². The molecule has 0 unspecified atom stereocenters. The van der Waals surface area contributed by atoms with Crippen molar-refractivity contribution in [2.24, 2.45) is 0 Å². The standard InChI is InChI=1S/C15H19N3OS/c1-4-17(3)14(19)11-20-15-16-9-10-18(15)13-8-6-5-7-12(13)2/h5-10H,4,11H2,1-3H3. The Labute approximate surface area is 123 Å². The van der Waals surface area contributed by atoms with Gasteiger partial charge < -0.3 is 4.90 Å². The lowest BCUT2D eigenvalue weighted by molar-refractivity contribution is -0.126. The summed E-state index contributed by atoms with van der Waals surface area (Å²) < 4.78 is 2.03. The minimum Gasteiger partial charge on any atom is -0.345 e. The fourth-order valence-corrected chi connectivity index (χ4v) is 2.73. The summed E-state index contributed by atoms with van der Waals surface area (Å²) in [6.45, 7) is 4.77. The zero-order valence-electron chi connectivity index (χ0n) is 12.0. The fourth-order valence-electron chi connectivity index (χ4n) is 1.83. The van der Waals surface area contributed by atoms with Crippen LogP contribution in [-0.4, -0.2) is 39.7 Å². The second-order valence-corrected chi connectivity index (χ2v) is 5.51. The Bertz CT molecular complexity index is 594. The minimum absolute atomic E-state index is 0.122. The SMILES string of the molecule is CCN(C)C(=O)CSc1nccn1-c1ccccc1C. The predicted molar refractivity (Wildman–Crippen MR) is 82.3 cm³/mol. The first-order valence-electron chi connectivity index (χ1n) is 6.59. The Morgan fingerprint density at radius 1 is 1.40 bits per heavy atom. The number of rotatable bonds is 5. The van der Waals surface area contributed by atoms with Crippen LogP contribution in [0.4, 0.5) is 0 Å². The van der Waals surface area contributed by atoms with Crippen LogP contribution < -0.4 is 0 Å². The third kappa shape index (κ3) is 3.22. The first kappa shape index (κ1) is 14.7. The van der Waals surface area contributed by atoms with Crippen molar-refractivity contribution < 1.29 is 4.79 Å². The quantitative estimate of drug-likeness (QED) is 0.794. The first-order valence-corrected chi connectivity index (χ1v) is 7.58. The van der Waals surface area contributed by atoms with Gasteiger partial charge in [-0.2, -0.15) is 0 Å². The van der Waals surface area contributed by atoms with Crippen LogP contribution in [0.25, 0.3) is 5.69 Å². The molecule has 0 atom stereocenters. The molecule has 0 spiro atoms. The molecule has 0 aliphatic rings. The van der Waals surface area contributed by atoms with Crippen molar-refractivity contribution in [1.82, 2.24) is 14.5 Å². The van der Waals surface area contributed by atoms with Crippen molar-refractivity contribution in [1.29, 1.82) is 0 Å². The van der Waals surface area contributed by atoms with Gasteiger partial charge in [0, 0.05) is 26.0 Å². The monoisotopic (exact) mass is 289 g/mol. The Morgan fingerprint density at radius 2 is 2.15 bits per heavy atom. The van der Waals surface area contributed by atoms with E-state index in [4.69, 9.17) is 0 Å². The molecule has 1 heterocycles. The molecule has 0 N–H and O–H groups in total. The molecule has 0 fully saturated rings. The van der Waals surface area contributed by atoms with Gasteiger partial charge in [-0.25, -0.2) is 4.98 Å². The van der Waals surface area contributed by atoms with Crippen LogP contribution in [0.3, 0.4) is 0 Å². The topological polar surface area (TPSA) is 38.1 Å². The second kappa shape index (κ2) is 6.61. The van der Waals surface area contributed by atoms with E-state index in [1.165, 1.54) is 17.3 Å². The number of carbonyl (C=O) groups excluding carboxylic acids is 1. The van der Waals surface area contributed by atoms with Gasteiger partial charge in [-0.1, -0.05) is 30.0 Å². The average molecular weight is 289 g/mol. The van der Waals surface area contributed by atoms with Gasteiger partial charge in [-0.3, -0.25) is 9.36 Å². The summed E-state index contributed by atoms with van der Waals surface area (Å²) in [6.07, 6.45) is 3.70. The number of amides is 1. The highest BCUT2D eigenvalue weighted by Gasteiger charge is 2.12. The third-order valence-electron chi connectivity index (χ3n) is 3.21. The maximum Gasteiger partial charge on any atom is 0.232 e. The number of carbonyl (C=O) groups is 1. The summed E-state index contributed by atoms with van der Waals surface area (Å²) in [6, 6.07) is 8.15. The Balaban J connectivity index is 2.14. The van der Waals surface area contributed by atoms with Gasteiger partial charge in [0.1, 0.15) is 0 Å². The lowest BCUT2D eigenvalue weighted by Gasteiger charge is -2.14. The molecule has 0 aliphatic carbocycles. The van der Waals surface area contributed by atoms with Crippen LogP contribution in [0.15, 0.2) is 41.8 Å². The molecule has 2 rings (SSSR count). The number of hydrogen-bond acceptors (Lipinski definition) is 3. The van der Waals surface area contributed by atoms with Crippen LogP contribution in [-0.2, 0) is 4.79 Å². The predicted octanol–water partition coefficient (Wildman–Crippen LogP) is 2.75. The molecule has 0 aliphatic heterocycles. The van der Waals surface area contributed by atoms with Crippen molar-refractivity contribution in [2.75, 3.05) is 19.3 Å². The van der Waals surface area contributed by atoms with E-state index in [9.17, 15) is 4.79 Å². The number of nitrogens with zero attached hydrogens (tertiary/aromatic N) is 3. The number of hydrogen-bond donors (Lipinski definition) is 0. The van der Waals surface area contributed by atoms with Gasteiger partial charge in [0.15, 0.2) is 5.16 Å². The summed E-state index contributed by atoms with van der Waals surface area (Å²) in [4.78, 5) is 17.9. The zero-order valence-corrected chi connectivity index (χ0v) is 12.9. The number of para-hydroxylation sites is 1. The van der Waals surface area contributed by atoms with E-state index in [2.05, 4.69) is 24.0 Å². The molecule has 4 nitrogen and oxygen atoms in total. The lowest BCUT2D eigenvalue weighted by Crippen LogP contribution is -2.27. The van der Waals surface area contributed by atoms with Crippen LogP contribution >= 0.6 is 11.8 Å². The molecule has 1 aromatic carbocycles. The smallest absolute Gasteiger partial charge is 0.232 e. The minimum atomic E-state index is 0.122. The highest BCUT2D eigenvalue weighted by molar-refractivity contribution is 7.99. The molecule has 2 aromatic rings. The van der Waals surface area contributed by atoms with E-state index in [-0.39, 0.29) is 5.91 Å². The van der Waals surface area contributed by atoms with E-state index in [1.54, 1.807) is 11.1 Å². The maximum absolute atomic E-state index is 11.9. The summed E-state index contributed by atoms with van der Waals surface area (Å²) >= 11 is 1.47.